The molecule has 0 saturated carbocycles. The zero-order chi connectivity index (χ0) is 19.2. The number of aromatic nitrogens is 1. The van der Waals surface area contributed by atoms with E-state index in [1.807, 2.05) is 12.1 Å². The third kappa shape index (κ3) is 4.60. The number of carboxylic acids is 1. The molecule has 8 nitrogen and oxygen atoms in total. The largest absolute Gasteiger partial charge is 0.478 e. The van der Waals surface area contributed by atoms with E-state index in [9.17, 15) is 14.4 Å². The number of carbonyl (C=O) groups excluding carboxylic acids is 2. The van der Waals surface area contributed by atoms with Crippen molar-refractivity contribution in [2.24, 2.45) is 0 Å². The van der Waals surface area contributed by atoms with E-state index in [4.69, 9.17) is 9.84 Å². The fourth-order valence-electron chi connectivity index (χ4n) is 2.79. The molecule has 27 heavy (non-hydrogen) atoms. The molecular weight excluding hydrogens is 350 g/mol. The van der Waals surface area contributed by atoms with Gasteiger partial charge >= 0.3 is 12.1 Å². The zero-order valence-corrected chi connectivity index (χ0v) is 14.5. The molecule has 2 heterocycles. The van der Waals surface area contributed by atoms with E-state index in [0.29, 0.717) is 18.5 Å². The second kappa shape index (κ2) is 8.31. The molecule has 0 unspecified atom stereocenters. The lowest BCUT2D eigenvalue weighted by atomic mass is 10.1. The van der Waals surface area contributed by atoms with E-state index in [2.05, 4.69) is 10.3 Å². The van der Waals surface area contributed by atoms with Crippen molar-refractivity contribution in [2.75, 3.05) is 13.2 Å². The van der Waals surface area contributed by atoms with Crippen LogP contribution in [0.2, 0.25) is 0 Å². The first kappa shape index (κ1) is 18.4. The van der Waals surface area contributed by atoms with Crippen LogP contribution in [0.5, 0.6) is 0 Å². The topological polar surface area (TPSA) is 109 Å². The van der Waals surface area contributed by atoms with Gasteiger partial charge in [-0.3, -0.25) is 14.7 Å². The van der Waals surface area contributed by atoms with Crippen LogP contribution in [0.3, 0.4) is 0 Å². The number of rotatable bonds is 7. The summed E-state index contributed by atoms with van der Waals surface area (Å²) in [6, 6.07) is 9.19. The van der Waals surface area contributed by atoms with E-state index in [-0.39, 0.29) is 24.6 Å². The lowest BCUT2D eigenvalue weighted by Gasteiger charge is -2.21. The van der Waals surface area contributed by atoms with Crippen LogP contribution < -0.4 is 5.32 Å². The molecule has 1 aromatic carbocycles. The fourth-order valence-corrected chi connectivity index (χ4v) is 2.79. The summed E-state index contributed by atoms with van der Waals surface area (Å²) in [5.74, 6) is -1.31. The van der Waals surface area contributed by atoms with Gasteiger partial charge in [0.15, 0.2) is 0 Å². The predicted octanol–water partition coefficient (Wildman–Crippen LogP) is 1.46. The van der Waals surface area contributed by atoms with Crippen molar-refractivity contribution in [1.82, 2.24) is 15.2 Å². The molecule has 1 aliphatic heterocycles. The smallest absolute Gasteiger partial charge is 0.410 e. The van der Waals surface area contributed by atoms with Gasteiger partial charge < -0.3 is 15.2 Å². The minimum absolute atomic E-state index is 0.00916. The van der Waals surface area contributed by atoms with Gasteiger partial charge in [0.25, 0.3) is 0 Å². The monoisotopic (exact) mass is 369 g/mol. The Morgan fingerprint density at radius 2 is 2.00 bits per heavy atom. The minimum atomic E-state index is -1.02. The highest BCUT2D eigenvalue weighted by Crippen LogP contribution is 2.17. The first-order valence-corrected chi connectivity index (χ1v) is 8.47. The normalized spacial score (nSPS) is 16.1. The zero-order valence-electron chi connectivity index (χ0n) is 14.5. The maximum absolute atomic E-state index is 12.4. The Bertz CT molecular complexity index is 823. The summed E-state index contributed by atoms with van der Waals surface area (Å²) in [4.78, 5) is 40.7. The SMILES string of the molecule is O=C(O)c1ccc(CN2C(=O)OC[C@H]2C(=O)NCCc2cccnc2)cc1. The van der Waals surface area contributed by atoms with Crippen molar-refractivity contribution in [2.45, 2.75) is 19.0 Å². The maximum atomic E-state index is 12.4. The second-order valence-electron chi connectivity index (χ2n) is 6.12. The summed E-state index contributed by atoms with van der Waals surface area (Å²) in [6.07, 6.45) is 3.49. The summed E-state index contributed by atoms with van der Waals surface area (Å²) < 4.78 is 5.02. The molecule has 0 radical (unpaired) electrons. The number of pyridine rings is 1. The third-order valence-electron chi connectivity index (χ3n) is 4.27. The molecule has 1 saturated heterocycles. The van der Waals surface area contributed by atoms with Crippen LogP contribution in [0, 0.1) is 0 Å². The van der Waals surface area contributed by atoms with Crippen molar-refractivity contribution in [1.29, 1.82) is 0 Å². The molecule has 3 rings (SSSR count). The van der Waals surface area contributed by atoms with E-state index in [1.54, 1.807) is 24.5 Å². The molecule has 0 bridgehead atoms. The van der Waals surface area contributed by atoms with Crippen LogP contribution in [0.1, 0.15) is 21.5 Å². The molecule has 1 aromatic heterocycles. The number of hydrogen-bond acceptors (Lipinski definition) is 5. The number of ether oxygens (including phenoxy) is 1. The summed E-state index contributed by atoms with van der Waals surface area (Å²) in [5.41, 5.74) is 1.88. The Morgan fingerprint density at radius 1 is 1.22 bits per heavy atom. The number of nitrogens with one attached hydrogen (secondary N) is 1. The fraction of sp³-hybridized carbons (Fsp3) is 0.263. The second-order valence-corrected chi connectivity index (χ2v) is 6.12. The highest BCUT2D eigenvalue weighted by molar-refractivity contribution is 5.88. The number of carboxylic acid groups (broad SMARTS) is 1. The number of nitrogens with zero attached hydrogens (tertiary/aromatic N) is 2. The first-order chi connectivity index (χ1) is 13.0. The van der Waals surface area contributed by atoms with Gasteiger partial charge in [-0.15, -0.1) is 0 Å². The van der Waals surface area contributed by atoms with Crippen molar-refractivity contribution >= 4 is 18.0 Å². The van der Waals surface area contributed by atoms with E-state index in [0.717, 1.165) is 5.56 Å². The molecule has 1 atom stereocenters. The van der Waals surface area contributed by atoms with Gasteiger partial charge in [0.05, 0.1) is 12.1 Å². The average molecular weight is 369 g/mol. The number of amides is 2. The molecule has 2 amide bonds. The Labute approximate surface area is 155 Å². The third-order valence-corrected chi connectivity index (χ3v) is 4.27. The van der Waals surface area contributed by atoms with Crippen molar-refractivity contribution in [3.8, 4) is 0 Å². The Hall–Kier alpha value is -3.42. The van der Waals surface area contributed by atoms with Gasteiger partial charge in [0, 0.05) is 18.9 Å². The van der Waals surface area contributed by atoms with E-state index >= 15 is 0 Å². The van der Waals surface area contributed by atoms with Crippen LogP contribution >= 0.6 is 0 Å². The van der Waals surface area contributed by atoms with Crippen molar-refractivity contribution in [3.05, 3.63) is 65.5 Å². The molecule has 8 heteroatoms. The molecule has 0 aliphatic carbocycles. The summed E-state index contributed by atoms with van der Waals surface area (Å²) >= 11 is 0. The molecule has 2 aromatic rings. The molecule has 0 spiro atoms. The van der Waals surface area contributed by atoms with Gasteiger partial charge in [-0.2, -0.15) is 0 Å². The number of cyclic esters (lactones) is 1. The summed E-state index contributed by atoms with van der Waals surface area (Å²) in [6.45, 7) is 0.584. The molecule has 1 fully saturated rings. The summed E-state index contributed by atoms with van der Waals surface area (Å²) in [5, 5.41) is 11.8. The Balaban J connectivity index is 1.58. The average Bonchev–Trinajstić information content (AvgIpc) is 3.03. The lowest BCUT2D eigenvalue weighted by molar-refractivity contribution is -0.124. The minimum Gasteiger partial charge on any atom is -0.478 e. The van der Waals surface area contributed by atoms with E-state index < -0.39 is 18.1 Å². The number of aromatic carboxylic acids is 1. The van der Waals surface area contributed by atoms with Crippen LogP contribution in [0.15, 0.2) is 48.8 Å². The number of carbonyl (C=O) groups is 3. The predicted molar refractivity (Wildman–Crippen MR) is 95.0 cm³/mol. The van der Waals surface area contributed by atoms with E-state index in [1.165, 1.54) is 17.0 Å². The quantitative estimate of drug-likeness (QED) is 0.765. The standard InChI is InChI=1S/C19H19N3O5/c23-17(21-9-7-13-2-1-8-20-10-13)16-12-27-19(26)22(16)11-14-3-5-15(6-4-14)18(24)25/h1-6,8,10,16H,7,9,11-12H2,(H,21,23)(H,24,25)/t16-/m0/s1. The highest BCUT2D eigenvalue weighted by atomic mass is 16.6. The first-order valence-electron chi connectivity index (χ1n) is 8.47. The van der Waals surface area contributed by atoms with Crippen LogP contribution in [-0.4, -0.2) is 52.2 Å². The maximum Gasteiger partial charge on any atom is 0.410 e. The molecule has 1 aliphatic rings. The van der Waals surface area contributed by atoms with Gasteiger partial charge in [-0.25, -0.2) is 9.59 Å². The van der Waals surface area contributed by atoms with Crippen LogP contribution in [0.4, 0.5) is 4.79 Å². The van der Waals surface area contributed by atoms with Crippen LogP contribution in [-0.2, 0) is 22.5 Å². The van der Waals surface area contributed by atoms with Crippen LogP contribution in [0.25, 0.3) is 0 Å². The molecule has 2 N–H and O–H groups in total. The van der Waals surface area contributed by atoms with Crippen molar-refractivity contribution < 1.29 is 24.2 Å². The number of hydrogen-bond donors (Lipinski definition) is 2. The Kier molecular flexibility index (Phi) is 5.65. The van der Waals surface area contributed by atoms with Gasteiger partial charge in [-0.1, -0.05) is 18.2 Å². The molecular formula is C19H19N3O5. The Morgan fingerprint density at radius 3 is 2.67 bits per heavy atom. The summed E-state index contributed by atoms with van der Waals surface area (Å²) in [7, 11) is 0. The lowest BCUT2D eigenvalue weighted by Crippen LogP contribution is -2.45. The van der Waals surface area contributed by atoms with Crippen molar-refractivity contribution in [3.63, 3.8) is 0 Å². The van der Waals surface area contributed by atoms with Gasteiger partial charge in [0.1, 0.15) is 12.6 Å². The molecule has 140 valence electrons. The number of benzene rings is 1. The van der Waals surface area contributed by atoms with Gasteiger partial charge in [-0.05, 0) is 35.7 Å². The highest BCUT2D eigenvalue weighted by Gasteiger charge is 2.37. The van der Waals surface area contributed by atoms with Gasteiger partial charge in [0.2, 0.25) is 5.91 Å².